The lowest BCUT2D eigenvalue weighted by Crippen LogP contribution is -2.42. The zero-order valence-electron chi connectivity index (χ0n) is 14.5. The van der Waals surface area contributed by atoms with E-state index in [0.717, 1.165) is 4.34 Å². The molecule has 24 heavy (non-hydrogen) atoms. The molecule has 6 heteroatoms. The van der Waals surface area contributed by atoms with Crippen LogP contribution in [0.4, 0.5) is 0 Å². The molecule has 1 fully saturated rings. The number of hydrogen-bond acceptors (Lipinski definition) is 6. The molecule has 1 aromatic carbocycles. The monoisotopic (exact) mass is 394 g/mol. The van der Waals surface area contributed by atoms with Gasteiger partial charge < -0.3 is 0 Å². The number of nitrogens with zero attached hydrogens (tertiary/aromatic N) is 2. The van der Waals surface area contributed by atoms with Crippen molar-refractivity contribution in [3.8, 4) is 0 Å². The fourth-order valence-corrected chi connectivity index (χ4v) is 8.96. The van der Waals surface area contributed by atoms with Gasteiger partial charge in [-0.2, -0.15) is 0 Å². The van der Waals surface area contributed by atoms with Gasteiger partial charge in [0, 0.05) is 5.25 Å². The molecule has 3 atom stereocenters. The lowest BCUT2D eigenvalue weighted by Gasteiger charge is -2.38. The number of hydrogen-bond donors (Lipinski definition) is 0. The Hall–Kier alpha value is -0.170. The fraction of sp³-hybridized carbons (Fsp3) is 0.556. The van der Waals surface area contributed by atoms with Crippen LogP contribution in [0.15, 0.2) is 21.5 Å². The average molecular weight is 395 g/mol. The molecule has 2 heterocycles. The normalized spacial score (nSPS) is 29.8. The van der Waals surface area contributed by atoms with Gasteiger partial charge in [0.1, 0.15) is 4.38 Å². The van der Waals surface area contributed by atoms with Gasteiger partial charge in [0.2, 0.25) is 0 Å². The van der Waals surface area contributed by atoms with Crippen LogP contribution >= 0.6 is 44.7 Å². The third-order valence-electron chi connectivity index (χ3n) is 5.58. The van der Waals surface area contributed by atoms with Crippen LogP contribution in [0.5, 0.6) is 0 Å². The van der Waals surface area contributed by atoms with Crippen LogP contribution in [-0.4, -0.2) is 20.1 Å². The summed E-state index contributed by atoms with van der Waals surface area (Å²) in [7, 11) is 3.58. The summed E-state index contributed by atoms with van der Waals surface area (Å²) in [6.45, 7) is 9.05. The van der Waals surface area contributed by atoms with E-state index in [9.17, 15) is 0 Å². The Balaban J connectivity index is 1.51. The van der Waals surface area contributed by atoms with E-state index in [2.05, 4.69) is 39.8 Å². The molecular formula is C18H22N2S4. The van der Waals surface area contributed by atoms with Gasteiger partial charge in [-0.05, 0) is 78.3 Å². The second-order valence-corrected chi connectivity index (χ2v) is 11.9. The van der Waals surface area contributed by atoms with Crippen LogP contribution in [0.2, 0.25) is 0 Å². The zero-order valence-corrected chi connectivity index (χ0v) is 17.7. The van der Waals surface area contributed by atoms with Gasteiger partial charge >= 0.3 is 0 Å². The molecule has 0 amide bonds. The van der Waals surface area contributed by atoms with Crippen molar-refractivity contribution in [2.45, 2.75) is 62.1 Å². The van der Waals surface area contributed by atoms with E-state index in [0.29, 0.717) is 11.2 Å². The zero-order chi connectivity index (χ0) is 16.9. The van der Waals surface area contributed by atoms with Crippen LogP contribution in [-0.2, 0) is 0 Å². The highest BCUT2D eigenvalue weighted by Gasteiger charge is 2.47. The smallest absolute Gasteiger partial charge is 0.162 e. The molecule has 0 radical (unpaired) electrons. The Kier molecular flexibility index (Phi) is 4.69. The van der Waals surface area contributed by atoms with Gasteiger partial charge in [-0.15, -0.1) is 11.3 Å². The molecule has 4 rings (SSSR count). The van der Waals surface area contributed by atoms with Gasteiger partial charge in [-0.3, -0.25) is 4.99 Å². The molecule has 0 N–H and O–H groups in total. The topological polar surface area (TPSA) is 25.2 Å². The molecule has 0 saturated heterocycles. The first-order valence-corrected chi connectivity index (χ1v) is 12.3. The maximum atomic E-state index is 5.12. The number of aromatic nitrogens is 1. The molecule has 128 valence electrons. The Bertz CT molecular complexity index is 813. The summed E-state index contributed by atoms with van der Waals surface area (Å²) < 4.78 is 3.67. The highest BCUT2D eigenvalue weighted by atomic mass is 33.1. The van der Waals surface area contributed by atoms with E-state index >= 15 is 0 Å². The third kappa shape index (κ3) is 2.93. The molecule has 2 aliphatic rings. The average Bonchev–Trinajstić information content (AvgIpc) is 3.12. The summed E-state index contributed by atoms with van der Waals surface area (Å²) in [6, 6.07) is 4.39. The first-order chi connectivity index (χ1) is 11.5. The number of fused-ring (bicyclic) bond motifs is 2. The third-order valence-corrected chi connectivity index (χ3v) is 11.1. The minimum Gasteiger partial charge on any atom is -0.263 e. The molecule has 1 saturated carbocycles. The summed E-state index contributed by atoms with van der Waals surface area (Å²) in [4.78, 5) is 9.98. The molecule has 0 spiro atoms. The number of thiazole rings is 1. The summed E-state index contributed by atoms with van der Waals surface area (Å²) in [6.07, 6.45) is 3.98. The van der Waals surface area contributed by atoms with Crippen molar-refractivity contribution >= 4 is 59.3 Å². The molecule has 1 aromatic heterocycles. The minimum absolute atomic E-state index is 0.146. The van der Waals surface area contributed by atoms with E-state index in [4.69, 9.17) is 9.98 Å². The van der Waals surface area contributed by atoms with E-state index in [1.807, 2.05) is 11.8 Å². The number of aliphatic imine (C=N–C) groups is 1. The molecule has 1 aliphatic carbocycles. The second-order valence-electron chi connectivity index (χ2n) is 7.04. The van der Waals surface area contributed by atoms with Gasteiger partial charge in [0.25, 0.3) is 0 Å². The van der Waals surface area contributed by atoms with Crippen LogP contribution < -0.4 is 0 Å². The quantitative estimate of drug-likeness (QED) is 0.529. The van der Waals surface area contributed by atoms with E-state index in [-0.39, 0.29) is 5.54 Å². The van der Waals surface area contributed by atoms with Crippen molar-refractivity contribution in [3.05, 3.63) is 23.3 Å². The molecule has 1 aliphatic heterocycles. The van der Waals surface area contributed by atoms with Crippen LogP contribution in [0.3, 0.4) is 0 Å². The van der Waals surface area contributed by atoms with Crippen molar-refractivity contribution in [3.63, 3.8) is 0 Å². The summed E-state index contributed by atoms with van der Waals surface area (Å²) >= 11 is 3.79. The van der Waals surface area contributed by atoms with Crippen molar-refractivity contribution in [1.82, 2.24) is 4.98 Å². The van der Waals surface area contributed by atoms with Gasteiger partial charge in [0.15, 0.2) is 4.34 Å². The Labute approximate surface area is 160 Å². The highest BCUT2D eigenvalue weighted by molar-refractivity contribution is 8.86. The maximum Gasteiger partial charge on any atom is 0.162 e. The van der Waals surface area contributed by atoms with E-state index in [1.165, 1.54) is 45.0 Å². The molecule has 0 bridgehead atoms. The van der Waals surface area contributed by atoms with E-state index in [1.54, 1.807) is 32.9 Å². The number of thioether (sulfide) groups is 1. The molecular weight excluding hydrogens is 372 g/mol. The van der Waals surface area contributed by atoms with E-state index < -0.39 is 0 Å². The summed E-state index contributed by atoms with van der Waals surface area (Å²) in [5, 5.41) is 0.671. The van der Waals surface area contributed by atoms with Crippen LogP contribution in [0, 0.1) is 19.8 Å². The molecule has 2 aromatic rings. The summed E-state index contributed by atoms with van der Waals surface area (Å²) in [5.74, 6) is 0.694. The number of benzene rings is 1. The molecule has 2 nitrogen and oxygen atoms in total. The van der Waals surface area contributed by atoms with Crippen molar-refractivity contribution in [1.29, 1.82) is 0 Å². The van der Waals surface area contributed by atoms with Crippen molar-refractivity contribution in [2.24, 2.45) is 10.9 Å². The fourth-order valence-electron chi connectivity index (χ4n) is 3.57. The second kappa shape index (κ2) is 6.53. The first-order valence-electron chi connectivity index (χ1n) is 8.45. The Morgan fingerprint density at radius 2 is 2.04 bits per heavy atom. The van der Waals surface area contributed by atoms with Gasteiger partial charge in [0.05, 0.1) is 15.8 Å². The lowest BCUT2D eigenvalue weighted by molar-refractivity contribution is 0.243. The Morgan fingerprint density at radius 1 is 1.21 bits per heavy atom. The first kappa shape index (κ1) is 17.3. The summed E-state index contributed by atoms with van der Waals surface area (Å²) in [5.41, 5.74) is 3.94. The predicted molar refractivity (Wildman–Crippen MR) is 113 cm³/mol. The number of rotatable bonds is 2. The SMILES string of the molecule is Cc1ccc2sc(SSC3=NC4(C)C(C)CCCC4S3)nc2c1C. The van der Waals surface area contributed by atoms with Crippen molar-refractivity contribution in [2.75, 3.05) is 0 Å². The number of aryl methyl sites for hydroxylation is 2. The van der Waals surface area contributed by atoms with Crippen LogP contribution in [0.1, 0.15) is 44.2 Å². The largest absolute Gasteiger partial charge is 0.263 e. The standard InChI is InChI=1S/C18H22N2S4/c1-10-8-9-13-15(12(10)3)19-16(21-13)23-24-17-20-18(4)11(2)6-5-7-14(18)22-17/h8-9,11,14H,5-7H2,1-4H3. The van der Waals surface area contributed by atoms with Gasteiger partial charge in [-0.25, -0.2) is 4.98 Å². The van der Waals surface area contributed by atoms with Crippen LogP contribution in [0.25, 0.3) is 10.2 Å². The minimum atomic E-state index is 0.146. The lowest BCUT2D eigenvalue weighted by atomic mass is 9.75. The van der Waals surface area contributed by atoms with Gasteiger partial charge in [-0.1, -0.05) is 31.2 Å². The maximum absolute atomic E-state index is 5.12. The Morgan fingerprint density at radius 3 is 2.83 bits per heavy atom. The molecule has 3 unspecified atom stereocenters. The predicted octanol–water partition coefficient (Wildman–Crippen LogP) is 6.70. The van der Waals surface area contributed by atoms with Crippen molar-refractivity contribution < 1.29 is 0 Å². The highest BCUT2D eigenvalue weighted by Crippen LogP contribution is 2.52.